The fourth-order valence-electron chi connectivity index (χ4n) is 1.92. The summed E-state index contributed by atoms with van der Waals surface area (Å²) in [6.45, 7) is 6.46. The normalized spacial score (nSPS) is 20.9. The quantitative estimate of drug-likeness (QED) is 0.799. The third-order valence-electron chi connectivity index (χ3n) is 2.79. The van der Waals surface area contributed by atoms with Crippen LogP contribution in [0, 0.1) is 5.82 Å². The molecule has 86 valence electrons. The number of hydrogen-bond acceptors (Lipinski definition) is 2. The Bertz CT molecular complexity index is 395. The first-order valence-electron chi connectivity index (χ1n) is 5.27. The van der Waals surface area contributed by atoms with Crippen molar-refractivity contribution < 1.29 is 4.39 Å². The summed E-state index contributed by atoms with van der Waals surface area (Å²) in [7, 11) is 0. The van der Waals surface area contributed by atoms with Crippen LogP contribution in [0.4, 0.5) is 10.1 Å². The molecule has 2 nitrogen and oxygen atoms in total. The van der Waals surface area contributed by atoms with Crippen molar-refractivity contribution in [3.8, 4) is 0 Å². The molecule has 1 fully saturated rings. The van der Waals surface area contributed by atoms with Crippen LogP contribution >= 0.6 is 11.6 Å². The van der Waals surface area contributed by atoms with Crippen molar-refractivity contribution in [2.24, 2.45) is 0 Å². The maximum Gasteiger partial charge on any atom is 0.141 e. The zero-order valence-electron chi connectivity index (χ0n) is 8.92. The lowest BCUT2D eigenvalue weighted by Crippen LogP contribution is -2.50. The summed E-state index contributed by atoms with van der Waals surface area (Å²) in [6, 6.07) is 5.05. The second-order valence-electron chi connectivity index (χ2n) is 3.80. The first-order valence-corrected chi connectivity index (χ1v) is 5.65. The third kappa shape index (κ3) is 2.20. The van der Waals surface area contributed by atoms with E-state index in [1.165, 1.54) is 6.07 Å². The van der Waals surface area contributed by atoms with Gasteiger partial charge in [0.1, 0.15) is 5.82 Å². The first-order chi connectivity index (χ1) is 7.72. The van der Waals surface area contributed by atoms with Crippen LogP contribution in [0.2, 0.25) is 5.02 Å². The maximum absolute atomic E-state index is 13.1. The van der Waals surface area contributed by atoms with E-state index < -0.39 is 0 Å². The summed E-state index contributed by atoms with van der Waals surface area (Å²) < 4.78 is 13.1. The summed E-state index contributed by atoms with van der Waals surface area (Å²) in [5.74, 6) is -0.379. The molecule has 0 unspecified atom stereocenters. The number of piperazine rings is 1. The van der Waals surface area contributed by atoms with Crippen molar-refractivity contribution in [2.45, 2.75) is 6.04 Å². The van der Waals surface area contributed by atoms with E-state index in [2.05, 4.69) is 16.8 Å². The molecular formula is C12H14ClFN2. The monoisotopic (exact) mass is 240 g/mol. The maximum atomic E-state index is 13.1. The van der Waals surface area contributed by atoms with Crippen LogP contribution in [0.15, 0.2) is 30.9 Å². The molecule has 1 N–H and O–H groups in total. The predicted molar refractivity (Wildman–Crippen MR) is 65.6 cm³/mol. The number of rotatable bonds is 2. The fraction of sp³-hybridized carbons (Fsp3) is 0.333. The van der Waals surface area contributed by atoms with E-state index in [4.69, 9.17) is 11.6 Å². The molecule has 2 rings (SSSR count). The van der Waals surface area contributed by atoms with Gasteiger partial charge in [0.25, 0.3) is 0 Å². The molecule has 1 atom stereocenters. The highest BCUT2D eigenvalue weighted by Gasteiger charge is 2.20. The van der Waals surface area contributed by atoms with Gasteiger partial charge in [0.2, 0.25) is 0 Å². The van der Waals surface area contributed by atoms with Crippen LogP contribution in [0.25, 0.3) is 0 Å². The van der Waals surface area contributed by atoms with Gasteiger partial charge in [-0.3, -0.25) is 0 Å². The van der Waals surface area contributed by atoms with Crippen LogP contribution in [0.1, 0.15) is 0 Å². The molecular weight excluding hydrogens is 227 g/mol. The Labute approximate surface area is 99.7 Å². The highest BCUT2D eigenvalue weighted by atomic mass is 35.5. The van der Waals surface area contributed by atoms with E-state index in [0.717, 1.165) is 25.3 Å². The van der Waals surface area contributed by atoms with Crippen molar-refractivity contribution in [3.63, 3.8) is 0 Å². The molecule has 1 aliphatic rings. The lowest BCUT2D eigenvalue weighted by Gasteiger charge is -2.36. The number of anilines is 1. The molecule has 16 heavy (non-hydrogen) atoms. The Hall–Kier alpha value is -1.06. The van der Waals surface area contributed by atoms with Gasteiger partial charge in [0.05, 0.1) is 11.1 Å². The Morgan fingerprint density at radius 2 is 2.38 bits per heavy atom. The molecule has 0 amide bonds. The van der Waals surface area contributed by atoms with E-state index in [1.807, 2.05) is 6.08 Å². The zero-order chi connectivity index (χ0) is 11.5. The minimum atomic E-state index is -0.379. The van der Waals surface area contributed by atoms with Crippen LogP contribution in [0.5, 0.6) is 0 Å². The number of halogens is 2. The molecule has 1 aliphatic heterocycles. The predicted octanol–water partition coefficient (Wildman–Crippen LogP) is 2.44. The Kier molecular flexibility index (Phi) is 3.46. The molecule has 1 aromatic carbocycles. The van der Waals surface area contributed by atoms with Gasteiger partial charge in [0, 0.05) is 25.3 Å². The molecule has 0 radical (unpaired) electrons. The number of benzene rings is 1. The molecule has 0 spiro atoms. The fourth-order valence-corrected chi connectivity index (χ4v) is 2.10. The molecule has 1 aromatic rings. The van der Waals surface area contributed by atoms with Gasteiger partial charge in [0.15, 0.2) is 0 Å². The van der Waals surface area contributed by atoms with Gasteiger partial charge in [-0.05, 0) is 18.2 Å². The van der Waals surface area contributed by atoms with E-state index >= 15 is 0 Å². The van der Waals surface area contributed by atoms with Gasteiger partial charge >= 0.3 is 0 Å². The second-order valence-corrected chi connectivity index (χ2v) is 4.21. The van der Waals surface area contributed by atoms with Crippen LogP contribution in [-0.4, -0.2) is 25.7 Å². The summed E-state index contributed by atoms with van der Waals surface area (Å²) in [4.78, 5) is 2.18. The van der Waals surface area contributed by atoms with Gasteiger partial charge in [-0.25, -0.2) is 4.39 Å². The highest BCUT2D eigenvalue weighted by Crippen LogP contribution is 2.24. The Morgan fingerprint density at radius 1 is 1.56 bits per heavy atom. The number of hydrogen-bond donors (Lipinski definition) is 1. The van der Waals surface area contributed by atoms with Crippen molar-refractivity contribution in [1.82, 2.24) is 5.32 Å². The average molecular weight is 241 g/mol. The lowest BCUT2D eigenvalue weighted by atomic mass is 10.1. The Morgan fingerprint density at radius 3 is 3.06 bits per heavy atom. The van der Waals surface area contributed by atoms with Crippen molar-refractivity contribution in [1.29, 1.82) is 0 Å². The van der Waals surface area contributed by atoms with Gasteiger partial charge in [-0.1, -0.05) is 17.7 Å². The van der Waals surface area contributed by atoms with E-state index in [9.17, 15) is 4.39 Å². The highest BCUT2D eigenvalue weighted by molar-refractivity contribution is 6.31. The summed E-state index contributed by atoms with van der Waals surface area (Å²) >= 11 is 5.78. The smallest absolute Gasteiger partial charge is 0.141 e. The van der Waals surface area contributed by atoms with Crippen molar-refractivity contribution in [3.05, 3.63) is 41.7 Å². The molecule has 0 aliphatic carbocycles. The number of nitrogens with zero attached hydrogens (tertiary/aromatic N) is 1. The van der Waals surface area contributed by atoms with Crippen LogP contribution < -0.4 is 10.2 Å². The summed E-state index contributed by atoms with van der Waals surface area (Å²) in [5, 5.41) is 3.46. The topological polar surface area (TPSA) is 15.3 Å². The second kappa shape index (κ2) is 4.85. The standard InChI is InChI=1S/C12H14ClFN2/c1-2-9-8-15-5-6-16(9)10-3-4-12(14)11(13)7-10/h2-4,7,9,15H,1,5-6,8H2/t9-/m0/s1. The van der Waals surface area contributed by atoms with Gasteiger partial charge in [-0.15, -0.1) is 6.58 Å². The Balaban J connectivity index is 2.27. The molecule has 1 saturated heterocycles. The largest absolute Gasteiger partial charge is 0.362 e. The third-order valence-corrected chi connectivity index (χ3v) is 3.08. The minimum Gasteiger partial charge on any atom is -0.362 e. The molecule has 4 heteroatoms. The van der Waals surface area contributed by atoms with Crippen LogP contribution in [0.3, 0.4) is 0 Å². The SMILES string of the molecule is C=C[C@H]1CNCCN1c1ccc(F)c(Cl)c1. The van der Waals surface area contributed by atoms with E-state index in [0.29, 0.717) is 0 Å². The molecule has 1 heterocycles. The van der Waals surface area contributed by atoms with Gasteiger partial charge < -0.3 is 10.2 Å². The summed E-state index contributed by atoms with van der Waals surface area (Å²) in [5.41, 5.74) is 0.942. The number of nitrogens with one attached hydrogen (secondary N) is 1. The van der Waals surface area contributed by atoms with Crippen molar-refractivity contribution in [2.75, 3.05) is 24.5 Å². The molecule has 0 aromatic heterocycles. The zero-order valence-corrected chi connectivity index (χ0v) is 9.67. The van der Waals surface area contributed by atoms with Gasteiger partial charge in [-0.2, -0.15) is 0 Å². The molecule has 0 bridgehead atoms. The minimum absolute atomic E-state index is 0.166. The van der Waals surface area contributed by atoms with E-state index in [-0.39, 0.29) is 16.9 Å². The van der Waals surface area contributed by atoms with Crippen LogP contribution in [-0.2, 0) is 0 Å². The first kappa shape index (κ1) is 11.4. The summed E-state index contributed by atoms with van der Waals surface area (Å²) in [6.07, 6.45) is 1.89. The van der Waals surface area contributed by atoms with E-state index in [1.54, 1.807) is 12.1 Å². The lowest BCUT2D eigenvalue weighted by molar-refractivity contribution is 0.529. The average Bonchev–Trinajstić information content (AvgIpc) is 2.32. The molecule has 0 saturated carbocycles. The van der Waals surface area contributed by atoms with Crippen molar-refractivity contribution >= 4 is 17.3 Å².